The molecule has 7 nitrogen and oxygen atoms in total. The van der Waals surface area contributed by atoms with Gasteiger partial charge in [0, 0.05) is 0 Å². The molecule has 23 heavy (non-hydrogen) atoms. The Balaban J connectivity index is 2.13. The Morgan fingerprint density at radius 2 is 1.57 bits per heavy atom. The molecule has 1 saturated carbocycles. The fourth-order valence-electron chi connectivity index (χ4n) is 2.45. The van der Waals surface area contributed by atoms with Crippen molar-refractivity contribution in [3.8, 4) is 0 Å². The second kappa shape index (κ2) is 6.58. The first-order valence-corrected chi connectivity index (χ1v) is 10.5. The molecule has 0 amide bonds. The van der Waals surface area contributed by atoms with Crippen LogP contribution in [-0.2, 0) is 27.0 Å². The molecule has 9 heteroatoms. The van der Waals surface area contributed by atoms with E-state index in [9.17, 15) is 21.6 Å². The molecular formula is C14H18O7S2. The van der Waals surface area contributed by atoms with E-state index in [0.29, 0.717) is 0 Å². The van der Waals surface area contributed by atoms with Crippen LogP contribution in [0.15, 0.2) is 29.2 Å². The average Bonchev–Trinajstić information content (AvgIpc) is 2.47. The molecule has 1 aliphatic carbocycles. The van der Waals surface area contributed by atoms with Gasteiger partial charge in [0.2, 0.25) is 0 Å². The zero-order chi connectivity index (χ0) is 17.3. The molecule has 1 aromatic carbocycles. The maximum Gasteiger partial charge on any atom is 0.379 e. The Labute approximate surface area is 134 Å². The summed E-state index contributed by atoms with van der Waals surface area (Å²) in [7, 11) is -9.49. The molecule has 0 saturated heterocycles. The van der Waals surface area contributed by atoms with Gasteiger partial charge in [0.1, 0.15) is 0 Å². The third-order valence-electron chi connectivity index (χ3n) is 3.86. The first kappa shape index (κ1) is 17.9. The Bertz CT molecular complexity index is 771. The van der Waals surface area contributed by atoms with Gasteiger partial charge >= 0.3 is 24.0 Å². The maximum atomic E-state index is 12.2. The van der Waals surface area contributed by atoms with Crippen molar-refractivity contribution in [2.75, 3.05) is 0 Å². The Kier molecular flexibility index (Phi) is 5.12. The van der Waals surface area contributed by atoms with E-state index in [1.54, 1.807) is 6.92 Å². The van der Waals surface area contributed by atoms with Gasteiger partial charge in [0.15, 0.2) is 0 Å². The summed E-state index contributed by atoms with van der Waals surface area (Å²) in [6.45, 7) is 1.75. The van der Waals surface area contributed by atoms with Gasteiger partial charge < -0.3 is 5.11 Å². The van der Waals surface area contributed by atoms with Crippen molar-refractivity contribution in [1.29, 1.82) is 0 Å². The minimum Gasteiger partial charge on any atom is -0.481 e. The van der Waals surface area contributed by atoms with Crippen molar-refractivity contribution >= 4 is 24.0 Å². The summed E-state index contributed by atoms with van der Waals surface area (Å²) in [5.74, 6) is -1.47. The van der Waals surface area contributed by atoms with Crippen LogP contribution in [0.1, 0.15) is 31.2 Å². The van der Waals surface area contributed by atoms with Gasteiger partial charge in [-0.3, -0.25) is 8.98 Å². The number of carboxylic acids is 1. The molecule has 1 aliphatic rings. The van der Waals surface area contributed by atoms with E-state index in [1.165, 1.54) is 24.3 Å². The van der Waals surface area contributed by atoms with Crippen LogP contribution < -0.4 is 0 Å². The van der Waals surface area contributed by atoms with E-state index >= 15 is 0 Å². The van der Waals surface area contributed by atoms with Gasteiger partial charge in [0.25, 0.3) is 0 Å². The van der Waals surface area contributed by atoms with Crippen LogP contribution in [0.5, 0.6) is 0 Å². The van der Waals surface area contributed by atoms with E-state index in [0.717, 1.165) is 5.56 Å². The van der Waals surface area contributed by atoms with Crippen LogP contribution in [-0.4, -0.2) is 34.0 Å². The molecule has 2 rings (SSSR count). The van der Waals surface area contributed by atoms with Gasteiger partial charge in [-0.1, -0.05) is 17.7 Å². The number of hydrogen-bond acceptors (Lipinski definition) is 6. The van der Waals surface area contributed by atoms with Crippen LogP contribution in [0, 0.1) is 12.8 Å². The lowest BCUT2D eigenvalue weighted by molar-refractivity contribution is -0.143. The molecule has 0 aliphatic heterocycles. The molecule has 0 radical (unpaired) electrons. The van der Waals surface area contributed by atoms with Crippen LogP contribution in [0.2, 0.25) is 0 Å². The van der Waals surface area contributed by atoms with Crippen molar-refractivity contribution in [1.82, 2.24) is 0 Å². The fraction of sp³-hybridized carbons (Fsp3) is 0.500. The van der Waals surface area contributed by atoms with Crippen LogP contribution in [0.25, 0.3) is 0 Å². The van der Waals surface area contributed by atoms with Gasteiger partial charge in [0.05, 0.1) is 16.9 Å². The molecule has 0 spiro atoms. The lowest BCUT2D eigenvalue weighted by Gasteiger charge is -2.25. The quantitative estimate of drug-likeness (QED) is 0.792. The van der Waals surface area contributed by atoms with E-state index in [-0.39, 0.29) is 30.6 Å². The number of aliphatic carboxylic acids is 1. The van der Waals surface area contributed by atoms with E-state index in [4.69, 9.17) is 9.29 Å². The lowest BCUT2D eigenvalue weighted by Crippen LogP contribution is -2.30. The summed E-state index contributed by atoms with van der Waals surface area (Å²) >= 11 is 0. The smallest absolute Gasteiger partial charge is 0.379 e. The summed E-state index contributed by atoms with van der Waals surface area (Å²) in [5.41, 5.74) is 0.800. The van der Waals surface area contributed by atoms with Gasteiger partial charge in [-0.25, -0.2) is 8.42 Å². The predicted octanol–water partition coefficient (Wildman–Crippen LogP) is 1.67. The molecule has 1 N–H and O–H groups in total. The van der Waals surface area contributed by atoms with Gasteiger partial charge in [-0.15, -0.1) is 0 Å². The standard InChI is InChI=1S/C14H18O7S2/c1-10-2-8-13(9-3-10)22(17,18)23(19,20)21-12-6-4-11(5-7-12)14(15)16/h2-3,8-9,11-12H,4-7H2,1H3,(H,15,16). The van der Waals surface area contributed by atoms with Crippen molar-refractivity contribution in [2.45, 2.75) is 43.6 Å². The van der Waals surface area contributed by atoms with E-state index in [1.807, 2.05) is 0 Å². The number of carboxylic acid groups (broad SMARTS) is 1. The lowest BCUT2D eigenvalue weighted by atomic mass is 9.88. The molecule has 1 aromatic rings. The fourth-order valence-corrected chi connectivity index (χ4v) is 5.47. The van der Waals surface area contributed by atoms with Crippen LogP contribution in [0.3, 0.4) is 0 Å². The zero-order valence-corrected chi connectivity index (χ0v) is 14.1. The van der Waals surface area contributed by atoms with Gasteiger partial charge in [-0.2, -0.15) is 8.42 Å². The van der Waals surface area contributed by atoms with Crippen molar-refractivity contribution in [3.63, 3.8) is 0 Å². The van der Waals surface area contributed by atoms with Crippen molar-refractivity contribution in [3.05, 3.63) is 29.8 Å². The molecule has 0 aromatic heterocycles. The number of hydrogen-bond donors (Lipinski definition) is 1. The van der Waals surface area contributed by atoms with Crippen molar-refractivity contribution in [2.24, 2.45) is 5.92 Å². The zero-order valence-electron chi connectivity index (χ0n) is 12.5. The Morgan fingerprint density at radius 3 is 2.04 bits per heavy atom. The number of aryl methyl sites for hydroxylation is 1. The monoisotopic (exact) mass is 362 g/mol. The number of benzene rings is 1. The molecule has 128 valence electrons. The number of rotatable bonds is 5. The van der Waals surface area contributed by atoms with Gasteiger partial charge in [-0.05, 0) is 44.7 Å². The molecule has 0 atom stereocenters. The first-order valence-electron chi connectivity index (χ1n) is 7.11. The topological polar surface area (TPSA) is 115 Å². The Morgan fingerprint density at radius 1 is 1.04 bits per heavy atom. The van der Waals surface area contributed by atoms with Crippen LogP contribution in [0.4, 0.5) is 0 Å². The number of carbonyl (C=O) groups is 1. The normalized spacial score (nSPS) is 22.7. The molecule has 0 unspecified atom stereocenters. The summed E-state index contributed by atoms with van der Waals surface area (Å²) in [6, 6.07) is 5.43. The van der Waals surface area contributed by atoms with E-state index in [2.05, 4.69) is 0 Å². The summed E-state index contributed by atoms with van der Waals surface area (Å²) in [4.78, 5) is 10.5. The third-order valence-corrected chi connectivity index (χ3v) is 8.18. The highest BCUT2D eigenvalue weighted by atomic mass is 33.2. The average molecular weight is 362 g/mol. The van der Waals surface area contributed by atoms with Crippen LogP contribution >= 0.6 is 0 Å². The highest BCUT2D eigenvalue weighted by molar-refractivity contribution is 8.65. The molecule has 1 fully saturated rings. The maximum absolute atomic E-state index is 12.2. The Hall–Kier alpha value is -1.45. The highest BCUT2D eigenvalue weighted by Crippen LogP contribution is 2.29. The largest absolute Gasteiger partial charge is 0.481 e. The van der Waals surface area contributed by atoms with Crippen molar-refractivity contribution < 1.29 is 30.9 Å². The molecular weight excluding hydrogens is 344 g/mol. The summed E-state index contributed by atoms with van der Waals surface area (Å²) in [5, 5.41) is 8.90. The SMILES string of the molecule is Cc1ccc(S(=O)(=O)S(=O)(=O)OC2CCC(C(=O)O)CC2)cc1. The first-order chi connectivity index (χ1) is 10.6. The summed E-state index contributed by atoms with van der Waals surface area (Å²) < 4.78 is 53.4. The minimum atomic E-state index is -4.84. The van der Waals surface area contributed by atoms with E-state index < -0.39 is 36.0 Å². The molecule has 0 bridgehead atoms. The highest BCUT2D eigenvalue weighted by Gasteiger charge is 2.37. The third kappa shape index (κ3) is 3.91. The second-order valence-corrected chi connectivity index (χ2v) is 10.5. The predicted molar refractivity (Wildman–Crippen MR) is 81.8 cm³/mol. The minimum absolute atomic E-state index is 0.194. The molecule has 0 heterocycles. The summed E-state index contributed by atoms with van der Waals surface area (Å²) in [6.07, 6.45) is 0.107. The second-order valence-electron chi connectivity index (χ2n) is 5.58.